The van der Waals surface area contributed by atoms with Gasteiger partial charge in [-0.2, -0.15) is 0 Å². The van der Waals surface area contributed by atoms with E-state index in [1.165, 1.54) is 0 Å². The molecule has 1 aromatic heterocycles. The highest BCUT2D eigenvalue weighted by atomic mass is 16.5. The second-order valence-corrected chi connectivity index (χ2v) is 4.39. The molecule has 0 saturated carbocycles. The minimum Gasteiger partial charge on any atom is -0.491 e. The van der Waals surface area contributed by atoms with Gasteiger partial charge in [-0.1, -0.05) is 18.2 Å². The Morgan fingerprint density at radius 3 is 2.85 bits per heavy atom. The summed E-state index contributed by atoms with van der Waals surface area (Å²) < 4.78 is 12.5. The van der Waals surface area contributed by atoms with Gasteiger partial charge in [-0.05, 0) is 13.0 Å². The van der Waals surface area contributed by atoms with Crippen LogP contribution in [0.2, 0.25) is 0 Å². The lowest BCUT2D eigenvalue weighted by Crippen LogP contribution is -2.11. The number of hydrogen-bond donors (Lipinski definition) is 1. The summed E-state index contributed by atoms with van der Waals surface area (Å²) in [5, 5.41) is 10.6. The molecule has 1 N–H and O–H groups in total. The monoisotopic (exact) mass is 276 g/mol. The van der Waals surface area contributed by atoms with Gasteiger partial charge >= 0.3 is 0 Å². The van der Waals surface area contributed by atoms with Crippen LogP contribution in [0.4, 0.5) is 0 Å². The lowest BCUT2D eigenvalue weighted by Gasteiger charge is -2.17. The normalized spacial score (nSPS) is 12.3. The fourth-order valence-electron chi connectivity index (χ4n) is 2.06. The maximum atomic E-state index is 10.6. The molecule has 0 radical (unpaired) electrons. The Morgan fingerprint density at radius 1 is 1.30 bits per heavy atom. The van der Waals surface area contributed by atoms with Crippen LogP contribution in [-0.4, -0.2) is 35.0 Å². The zero-order valence-electron chi connectivity index (χ0n) is 11.8. The van der Waals surface area contributed by atoms with Crippen molar-refractivity contribution in [2.45, 2.75) is 19.6 Å². The number of imidazole rings is 1. The molecule has 0 aliphatic rings. The lowest BCUT2D eigenvalue weighted by molar-refractivity contribution is 0.142. The maximum Gasteiger partial charge on any atom is 0.125 e. The van der Waals surface area contributed by atoms with Crippen LogP contribution in [-0.2, 0) is 11.3 Å². The Kier molecular flexibility index (Phi) is 5.15. The van der Waals surface area contributed by atoms with Crippen molar-refractivity contribution in [3.8, 4) is 5.75 Å². The van der Waals surface area contributed by atoms with Crippen molar-refractivity contribution in [2.24, 2.45) is 0 Å². The van der Waals surface area contributed by atoms with E-state index in [1.807, 2.05) is 35.8 Å². The lowest BCUT2D eigenvalue weighted by atomic mass is 10.1. The molecular formula is C15H20N2O3. The standard InChI is InChI=1S/C15H20N2O3/c1-3-17-11-16-10-13(17)15(18)12-6-4-5-7-14(12)20-9-8-19-2/h4-7,10-11,15,18H,3,8-9H2,1-2H3. The highest BCUT2D eigenvalue weighted by Crippen LogP contribution is 2.29. The molecule has 1 unspecified atom stereocenters. The SMILES string of the molecule is CCn1cncc1C(O)c1ccccc1OCCOC. The topological polar surface area (TPSA) is 56.5 Å². The van der Waals surface area contributed by atoms with E-state index in [9.17, 15) is 5.11 Å². The number of para-hydroxylation sites is 1. The molecule has 2 aromatic rings. The fourth-order valence-corrected chi connectivity index (χ4v) is 2.06. The first-order valence-corrected chi connectivity index (χ1v) is 6.66. The molecule has 20 heavy (non-hydrogen) atoms. The van der Waals surface area contributed by atoms with Crippen molar-refractivity contribution in [1.29, 1.82) is 0 Å². The van der Waals surface area contributed by atoms with E-state index in [-0.39, 0.29) is 0 Å². The number of nitrogens with zero attached hydrogens (tertiary/aromatic N) is 2. The molecule has 0 aliphatic carbocycles. The van der Waals surface area contributed by atoms with E-state index < -0.39 is 6.10 Å². The number of aryl methyl sites for hydroxylation is 1. The molecule has 1 heterocycles. The molecule has 2 rings (SSSR count). The van der Waals surface area contributed by atoms with Crippen LogP contribution in [0.5, 0.6) is 5.75 Å². The molecule has 0 fully saturated rings. The molecule has 1 atom stereocenters. The number of hydrogen-bond acceptors (Lipinski definition) is 4. The van der Waals surface area contributed by atoms with Gasteiger partial charge in [-0.3, -0.25) is 0 Å². The van der Waals surface area contributed by atoms with Gasteiger partial charge in [0, 0.05) is 19.2 Å². The second-order valence-electron chi connectivity index (χ2n) is 4.39. The Labute approximate surface area is 118 Å². The Bertz CT molecular complexity index is 539. The minimum atomic E-state index is -0.754. The van der Waals surface area contributed by atoms with E-state index in [2.05, 4.69) is 4.98 Å². The van der Waals surface area contributed by atoms with Gasteiger partial charge in [0.1, 0.15) is 18.5 Å². The number of aliphatic hydroxyl groups excluding tert-OH is 1. The number of aliphatic hydroxyl groups is 1. The third-order valence-corrected chi connectivity index (χ3v) is 3.12. The summed E-state index contributed by atoms with van der Waals surface area (Å²) in [5.41, 5.74) is 1.49. The summed E-state index contributed by atoms with van der Waals surface area (Å²) >= 11 is 0. The average molecular weight is 276 g/mol. The van der Waals surface area contributed by atoms with Gasteiger partial charge in [0.25, 0.3) is 0 Å². The van der Waals surface area contributed by atoms with E-state index in [0.29, 0.717) is 19.0 Å². The highest BCUT2D eigenvalue weighted by Gasteiger charge is 2.18. The van der Waals surface area contributed by atoms with Crippen molar-refractivity contribution < 1.29 is 14.6 Å². The fraction of sp³-hybridized carbons (Fsp3) is 0.400. The third kappa shape index (κ3) is 3.18. The van der Waals surface area contributed by atoms with Crippen LogP contribution in [0.3, 0.4) is 0 Å². The average Bonchev–Trinajstić information content (AvgIpc) is 2.96. The van der Waals surface area contributed by atoms with Gasteiger partial charge in [-0.25, -0.2) is 4.98 Å². The van der Waals surface area contributed by atoms with Crippen LogP contribution in [0.1, 0.15) is 24.3 Å². The van der Waals surface area contributed by atoms with Crippen molar-refractivity contribution in [1.82, 2.24) is 9.55 Å². The van der Waals surface area contributed by atoms with E-state index >= 15 is 0 Å². The Hall–Kier alpha value is -1.85. The maximum absolute atomic E-state index is 10.6. The van der Waals surface area contributed by atoms with Gasteiger partial charge < -0.3 is 19.1 Å². The summed E-state index contributed by atoms with van der Waals surface area (Å²) in [6, 6.07) is 7.48. The molecule has 1 aromatic carbocycles. The second kappa shape index (κ2) is 7.07. The first kappa shape index (κ1) is 14.6. The van der Waals surface area contributed by atoms with Crippen molar-refractivity contribution in [2.75, 3.05) is 20.3 Å². The van der Waals surface area contributed by atoms with Crippen LogP contribution in [0.15, 0.2) is 36.8 Å². The molecule has 0 bridgehead atoms. The van der Waals surface area contributed by atoms with Gasteiger partial charge in [-0.15, -0.1) is 0 Å². The zero-order chi connectivity index (χ0) is 14.4. The number of ether oxygens (including phenoxy) is 2. The van der Waals surface area contributed by atoms with E-state index in [4.69, 9.17) is 9.47 Å². The number of benzene rings is 1. The molecule has 0 aliphatic heterocycles. The molecular weight excluding hydrogens is 256 g/mol. The summed E-state index contributed by atoms with van der Waals surface area (Å²) in [7, 11) is 1.63. The summed E-state index contributed by atoms with van der Waals surface area (Å²) in [4.78, 5) is 4.09. The van der Waals surface area contributed by atoms with Crippen molar-refractivity contribution >= 4 is 0 Å². The van der Waals surface area contributed by atoms with Crippen LogP contribution in [0, 0.1) is 0 Å². The first-order valence-electron chi connectivity index (χ1n) is 6.66. The molecule has 0 spiro atoms. The third-order valence-electron chi connectivity index (χ3n) is 3.12. The molecule has 108 valence electrons. The van der Waals surface area contributed by atoms with Gasteiger partial charge in [0.05, 0.1) is 24.8 Å². The van der Waals surface area contributed by atoms with Gasteiger partial charge in [0.2, 0.25) is 0 Å². The molecule has 5 nitrogen and oxygen atoms in total. The van der Waals surface area contributed by atoms with Crippen molar-refractivity contribution in [3.63, 3.8) is 0 Å². The predicted molar refractivity (Wildman–Crippen MR) is 75.8 cm³/mol. The van der Waals surface area contributed by atoms with Gasteiger partial charge in [0.15, 0.2) is 0 Å². The number of methoxy groups -OCH3 is 1. The highest BCUT2D eigenvalue weighted by molar-refractivity contribution is 5.38. The van der Waals surface area contributed by atoms with E-state index in [1.54, 1.807) is 19.6 Å². The van der Waals surface area contributed by atoms with Crippen LogP contribution >= 0.6 is 0 Å². The zero-order valence-corrected chi connectivity index (χ0v) is 11.8. The Balaban J connectivity index is 2.23. The number of rotatable bonds is 7. The van der Waals surface area contributed by atoms with Crippen LogP contribution in [0.25, 0.3) is 0 Å². The smallest absolute Gasteiger partial charge is 0.125 e. The quantitative estimate of drug-likeness (QED) is 0.786. The summed E-state index contributed by atoms with van der Waals surface area (Å²) in [6.07, 6.45) is 2.64. The predicted octanol–water partition coefficient (Wildman–Crippen LogP) is 2.01. The van der Waals surface area contributed by atoms with E-state index in [0.717, 1.165) is 17.8 Å². The summed E-state index contributed by atoms with van der Waals surface area (Å²) in [5.74, 6) is 0.668. The minimum absolute atomic E-state index is 0.452. The summed E-state index contributed by atoms with van der Waals surface area (Å²) in [6.45, 7) is 3.74. The molecule has 0 amide bonds. The Morgan fingerprint density at radius 2 is 2.10 bits per heavy atom. The van der Waals surface area contributed by atoms with Crippen LogP contribution < -0.4 is 4.74 Å². The first-order chi connectivity index (χ1) is 9.77. The van der Waals surface area contributed by atoms with Crippen molar-refractivity contribution in [3.05, 3.63) is 48.0 Å². The molecule has 5 heteroatoms. The largest absolute Gasteiger partial charge is 0.491 e. The number of aromatic nitrogens is 2. The molecule has 0 saturated heterocycles.